The average Bonchev–Trinajstić information content (AvgIpc) is 2.72. The van der Waals surface area contributed by atoms with E-state index in [9.17, 15) is 9.90 Å². The van der Waals surface area contributed by atoms with Crippen molar-refractivity contribution < 1.29 is 9.90 Å². The first kappa shape index (κ1) is 11.9. The highest BCUT2D eigenvalue weighted by Crippen LogP contribution is 2.59. The van der Waals surface area contributed by atoms with Crippen molar-refractivity contribution in [3.63, 3.8) is 0 Å². The lowest BCUT2D eigenvalue weighted by atomic mass is 9.65. The molecule has 0 radical (unpaired) electrons. The molecule has 0 unspecified atom stereocenters. The summed E-state index contributed by atoms with van der Waals surface area (Å²) in [5.74, 6) is 0.197. The molecule has 1 aliphatic carbocycles. The van der Waals surface area contributed by atoms with E-state index >= 15 is 0 Å². The standard InChI is InChI=1S/C11H18N4O2/c1-10(2)6(7-13-9(12)15-14-7)4-5-11(10,3)8(16)17/h6H,4-5H2,1-3H3,(H,16,17)(H3,12,13,14,15)/t6-,11+/m1/s1. The van der Waals surface area contributed by atoms with Crippen LogP contribution in [-0.2, 0) is 4.79 Å². The molecule has 1 aromatic heterocycles. The van der Waals surface area contributed by atoms with E-state index in [4.69, 9.17) is 5.73 Å². The molecule has 2 rings (SSSR count). The maximum Gasteiger partial charge on any atom is 0.309 e. The molecule has 1 saturated carbocycles. The number of H-pyrrole nitrogens is 1. The van der Waals surface area contributed by atoms with E-state index in [2.05, 4.69) is 15.2 Å². The lowest BCUT2D eigenvalue weighted by Gasteiger charge is -2.37. The second-order valence-electron chi connectivity index (χ2n) is 5.53. The van der Waals surface area contributed by atoms with E-state index < -0.39 is 11.4 Å². The minimum absolute atomic E-state index is 0.0494. The van der Waals surface area contributed by atoms with Crippen molar-refractivity contribution in [2.24, 2.45) is 10.8 Å². The third-order valence-corrected chi connectivity index (χ3v) is 4.55. The van der Waals surface area contributed by atoms with Crippen LogP contribution in [0.1, 0.15) is 45.4 Å². The molecule has 94 valence electrons. The first-order valence-electron chi connectivity index (χ1n) is 5.70. The molecule has 0 bridgehead atoms. The van der Waals surface area contributed by atoms with Gasteiger partial charge in [-0.3, -0.25) is 9.89 Å². The maximum absolute atomic E-state index is 11.5. The van der Waals surface area contributed by atoms with E-state index in [0.29, 0.717) is 12.2 Å². The third kappa shape index (κ3) is 1.50. The van der Waals surface area contributed by atoms with Gasteiger partial charge >= 0.3 is 5.97 Å². The molecule has 1 heterocycles. The monoisotopic (exact) mass is 238 g/mol. The van der Waals surface area contributed by atoms with Crippen LogP contribution in [0.5, 0.6) is 0 Å². The summed E-state index contributed by atoms with van der Waals surface area (Å²) < 4.78 is 0. The second-order valence-corrected chi connectivity index (χ2v) is 5.53. The van der Waals surface area contributed by atoms with Crippen molar-refractivity contribution >= 4 is 11.9 Å². The summed E-state index contributed by atoms with van der Waals surface area (Å²) in [6.45, 7) is 5.74. The molecule has 4 N–H and O–H groups in total. The van der Waals surface area contributed by atoms with Crippen molar-refractivity contribution in [1.82, 2.24) is 15.2 Å². The molecule has 1 fully saturated rings. The Morgan fingerprint density at radius 1 is 1.53 bits per heavy atom. The minimum atomic E-state index is -0.752. The number of nitrogens with zero attached hydrogens (tertiary/aromatic N) is 2. The van der Waals surface area contributed by atoms with Crippen molar-refractivity contribution in [2.75, 3.05) is 5.73 Å². The molecule has 0 saturated heterocycles. The highest BCUT2D eigenvalue weighted by molar-refractivity contribution is 5.76. The van der Waals surface area contributed by atoms with Crippen LogP contribution in [0.25, 0.3) is 0 Å². The Bertz CT molecular complexity index is 454. The van der Waals surface area contributed by atoms with Gasteiger partial charge in [0.15, 0.2) is 0 Å². The van der Waals surface area contributed by atoms with Gasteiger partial charge in [-0.25, -0.2) is 0 Å². The Morgan fingerprint density at radius 2 is 2.18 bits per heavy atom. The number of anilines is 1. The van der Waals surface area contributed by atoms with Crippen LogP contribution >= 0.6 is 0 Å². The largest absolute Gasteiger partial charge is 0.481 e. The van der Waals surface area contributed by atoms with Crippen LogP contribution in [0.4, 0.5) is 5.95 Å². The molecule has 0 spiro atoms. The van der Waals surface area contributed by atoms with Gasteiger partial charge in [0.2, 0.25) is 5.95 Å². The van der Waals surface area contributed by atoms with Gasteiger partial charge in [-0.05, 0) is 25.2 Å². The first-order valence-corrected chi connectivity index (χ1v) is 5.70. The van der Waals surface area contributed by atoms with E-state index in [1.807, 2.05) is 13.8 Å². The average molecular weight is 238 g/mol. The van der Waals surface area contributed by atoms with Crippen LogP contribution in [0.2, 0.25) is 0 Å². The summed E-state index contributed by atoms with van der Waals surface area (Å²) in [4.78, 5) is 15.6. The zero-order valence-electron chi connectivity index (χ0n) is 10.3. The van der Waals surface area contributed by atoms with Gasteiger partial charge in [0.25, 0.3) is 0 Å². The summed E-state index contributed by atoms with van der Waals surface area (Å²) in [7, 11) is 0. The van der Waals surface area contributed by atoms with Crippen LogP contribution < -0.4 is 5.73 Å². The fourth-order valence-electron chi connectivity index (χ4n) is 2.81. The SMILES string of the molecule is CC1(C)[C@@H](c2nc(N)n[nH]2)CC[C@@]1(C)C(=O)O. The fraction of sp³-hybridized carbons (Fsp3) is 0.727. The van der Waals surface area contributed by atoms with Crippen LogP contribution in [-0.4, -0.2) is 26.3 Å². The van der Waals surface area contributed by atoms with Crippen molar-refractivity contribution in [1.29, 1.82) is 0 Å². The van der Waals surface area contributed by atoms with Gasteiger partial charge in [-0.1, -0.05) is 13.8 Å². The number of aliphatic carboxylic acids is 1. The molecular weight excluding hydrogens is 220 g/mol. The molecule has 0 aliphatic heterocycles. The summed E-state index contributed by atoms with van der Waals surface area (Å²) >= 11 is 0. The topological polar surface area (TPSA) is 105 Å². The van der Waals surface area contributed by atoms with Crippen molar-refractivity contribution in [3.8, 4) is 0 Å². The predicted octanol–water partition coefficient (Wildman–Crippen LogP) is 1.38. The number of carbonyl (C=O) groups is 1. The second kappa shape index (κ2) is 3.45. The zero-order chi connectivity index (χ0) is 12.8. The van der Waals surface area contributed by atoms with E-state index in [0.717, 1.165) is 6.42 Å². The normalized spacial score (nSPS) is 31.6. The Morgan fingerprint density at radius 3 is 2.59 bits per heavy atom. The Labute approximate surface area is 99.6 Å². The third-order valence-electron chi connectivity index (χ3n) is 4.55. The number of nitrogens with one attached hydrogen (secondary N) is 1. The number of carboxylic acids is 1. The van der Waals surface area contributed by atoms with Crippen LogP contribution in [0.3, 0.4) is 0 Å². The summed E-state index contributed by atoms with van der Waals surface area (Å²) in [5, 5.41) is 16.0. The summed E-state index contributed by atoms with van der Waals surface area (Å²) in [5.41, 5.74) is 4.37. The Hall–Kier alpha value is -1.59. The lowest BCUT2D eigenvalue weighted by molar-refractivity contribution is -0.153. The zero-order valence-corrected chi connectivity index (χ0v) is 10.3. The number of aromatic nitrogens is 3. The number of nitrogen functional groups attached to an aromatic ring is 1. The van der Waals surface area contributed by atoms with Crippen molar-refractivity contribution in [3.05, 3.63) is 5.82 Å². The van der Waals surface area contributed by atoms with Crippen LogP contribution in [0.15, 0.2) is 0 Å². The number of carboxylic acid groups (broad SMARTS) is 1. The van der Waals surface area contributed by atoms with Crippen LogP contribution in [0, 0.1) is 10.8 Å². The van der Waals surface area contributed by atoms with E-state index in [1.54, 1.807) is 6.92 Å². The quantitative estimate of drug-likeness (QED) is 0.722. The molecule has 0 amide bonds. The lowest BCUT2D eigenvalue weighted by Crippen LogP contribution is -2.40. The molecule has 0 aromatic carbocycles. The molecule has 6 heteroatoms. The number of hydrogen-bond acceptors (Lipinski definition) is 4. The highest BCUT2D eigenvalue weighted by atomic mass is 16.4. The van der Waals surface area contributed by atoms with Gasteiger partial charge in [0, 0.05) is 5.92 Å². The first-order chi connectivity index (χ1) is 7.79. The molecule has 1 aliphatic rings. The van der Waals surface area contributed by atoms with Gasteiger partial charge in [0.05, 0.1) is 5.41 Å². The fourth-order valence-corrected chi connectivity index (χ4v) is 2.81. The molecule has 2 atom stereocenters. The highest BCUT2D eigenvalue weighted by Gasteiger charge is 2.57. The summed E-state index contributed by atoms with van der Waals surface area (Å²) in [6.07, 6.45) is 1.42. The van der Waals surface area contributed by atoms with E-state index in [1.165, 1.54) is 0 Å². The molecule has 6 nitrogen and oxygen atoms in total. The Balaban J connectivity index is 2.38. The van der Waals surface area contributed by atoms with Gasteiger partial charge in [-0.15, -0.1) is 5.10 Å². The number of aromatic amines is 1. The smallest absolute Gasteiger partial charge is 0.309 e. The Kier molecular flexibility index (Phi) is 2.41. The minimum Gasteiger partial charge on any atom is -0.481 e. The number of rotatable bonds is 2. The van der Waals surface area contributed by atoms with Gasteiger partial charge in [-0.2, -0.15) is 4.98 Å². The molecule has 1 aromatic rings. The number of hydrogen-bond donors (Lipinski definition) is 3. The van der Waals surface area contributed by atoms with Gasteiger partial charge in [0.1, 0.15) is 5.82 Å². The maximum atomic E-state index is 11.5. The number of nitrogens with two attached hydrogens (primary N) is 1. The molecule has 17 heavy (non-hydrogen) atoms. The predicted molar refractivity (Wildman–Crippen MR) is 62.3 cm³/mol. The molecular formula is C11H18N4O2. The van der Waals surface area contributed by atoms with Crippen molar-refractivity contribution in [2.45, 2.75) is 39.5 Å². The summed E-state index contributed by atoms with van der Waals surface area (Å²) in [6, 6.07) is 0. The van der Waals surface area contributed by atoms with E-state index in [-0.39, 0.29) is 17.3 Å². The van der Waals surface area contributed by atoms with Gasteiger partial charge < -0.3 is 10.8 Å².